The van der Waals surface area contributed by atoms with E-state index in [9.17, 15) is 22.0 Å². The third kappa shape index (κ3) is 1.48. The Labute approximate surface area is 70.8 Å². The summed E-state index contributed by atoms with van der Waals surface area (Å²) in [6.45, 7) is 0. The molecule has 71 valence electrons. The molecule has 0 fully saturated rings. The van der Waals surface area contributed by atoms with E-state index in [0.29, 0.717) is 0 Å². The van der Waals surface area contributed by atoms with Gasteiger partial charge in [-0.25, -0.2) is 22.0 Å². The molecule has 1 rings (SSSR count). The largest absolute Gasteiger partial charge is 0.453 e. The van der Waals surface area contributed by atoms with Crippen LogP contribution in [-0.2, 0) is 0 Å². The van der Waals surface area contributed by atoms with Gasteiger partial charge >= 0.3 is 7.48 Å². The van der Waals surface area contributed by atoms with Gasteiger partial charge in [0.15, 0.2) is 23.7 Å². The van der Waals surface area contributed by atoms with Crippen molar-refractivity contribution in [3.8, 4) is 0 Å². The second-order valence-electron chi connectivity index (χ2n) is 2.40. The van der Waals surface area contributed by atoms with E-state index in [1.165, 1.54) is 0 Å². The highest BCUT2D eigenvalue weighted by Gasteiger charge is 2.40. The maximum Gasteiger partial charge on any atom is 0.301 e. The van der Waals surface area contributed by atoms with Crippen molar-refractivity contribution in [3.63, 3.8) is 0 Å². The molecule has 1 nitrogen and oxygen atoms in total. The zero-order valence-electron chi connectivity index (χ0n) is 6.07. The van der Waals surface area contributed by atoms with Crippen LogP contribution in [-0.4, -0.2) is 18.7 Å². The van der Waals surface area contributed by atoms with Crippen molar-refractivity contribution >= 4 is 7.48 Å². The Balaban J connectivity index is 3.15. The predicted molar refractivity (Wildman–Crippen MR) is 35.1 cm³/mol. The van der Waals surface area contributed by atoms with Gasteiger partial charge in [0, 0.05) is 0 Å². The van der Waals surface area contributed by atoms with Crippen LogP contribution in [0.15, 0.2) is 23.3 Å². The van der Waals surface area contributed by atoms with Crippen molar-refractivity contribution < 1.29 is 27.0 Å². The number of allylic oxidation sites excluding steroid dienone is 4. The molecule has 0 aromatic heterocycles. The Morgan fingerprint density at radius 1 is 1.00 bits per heavy atom. The lowest BCUT2D eigenvalue weighted by atomic mass is 9.73. The smallest absolute Gasteiger partial charge is 0.301 e. The number of hydrogen-bond acceptors (Lipinski definition) is 1. The SMILES string of the molecule is O[B]C1C(F)=C(F)C(F)=C(F)C1F. The first kappa shape index (κ1) is 10.2. The van der Waals surface area contributed by atoms with Gasteiger partial charge in [-0.3, -0.25) is 0 Å². The first-order valence-corrected chi connectivity index (χ1v) is 3.23. The van der Waals surface area contributed by atoms with Crippen molar-refractivity contribution in [2.45, 2.75) is 12.0 Å². The molecule has 0 saturated heterocycles. The minimum atomic E-state index is -2.72. The molecule has 0 amide bonds. The zero-order valence-corrected chi connectivity index (χ0v) is 6.07. The lowest BCUT2D eigenvalue weighted by molar-refractivity contribution is 0.267. The van der Waals surface area contributed by atoms with Gasteiger partial charge in [-0.05, 0) is 0 Å². The highest BCUT2D eigenvalue weighted by Crippen LogP contribution is 2.41. The zero-order chi connectivity index (χ0) is 10.2. The maximum absolute atomic E-state index is 12.6. The van der Waals surface area contributed by atoms with Gasteiger partial charge in [-0.15, -0.1) is 0 Å². The van der Waals surface area contributed by atoms with Gasteiger partial charge in [0.1, 0.15) is 5.83 Å². The fourth-order valence-electron chi connectivity index (χ4n) is 0.904. The predicted octanol–water partition coefficient (Wildman–Crippen LogP) is 2.04. The van der Waals surface area contributed by atoms with Crippen molar-refractivity contribution in [3.05, 3.63) is 23.3 Å². The average molecular weight is 197 g/mol. The summed E-state index contributed by atoms with van der Waals surface area (Å²) in [5, 5.41) is 8.24. The van der Waals surface area contributed by atoms with Crippen LogP contribution in [0.2, 0.25) is 5.82 Å². The summed E-state index contributed by atoms with van der Waals surface area (Å²) in [4.78, 5) is 0. The summed E-state index contributed by atoms with van der Waals surface area (Å²) in [5.41, 5.74) is 0. The van der Waals surface area contributed by atoms with Crippen molar-refractivity contribution in [2.75, 3.05) is 0 Å². The molecule has 0 spiro atoms. The molecule has 13 heavy (non-hydrogen) atoms. The van der Waals surface area contributed by atoms with E-state index >= 15 is 0 Å². The summed E-state index contributed by atoms with van der Waals surface area (Å²) < 4.78 is 62.2. The standard InChI is InChI=1S/C6H3BF5O/c8-2-1(7-13)3(9)5(11)6(12)4(2)10/h1-2,13H. The second-order valence-corrected chi connectivity index (χ2v) is 2.40. The topological polar surface area (TPSA) is 20.2 Å². The van der Waals surface area contributed by atoms with E-state index in [0.717, 1.165) is 0 Å². The number of hydrogen-bond donors (Lipinski definition) is 1. The van der Waals surface area contributed by atoms with Crippen LogP contribution in [0.3, 0.4) is 0 Å². The minimum absolute atomic E-state index is 0.0639. The molecule has 0 bridgehead atoms. The molecule has 2 unspecified atom stereocenters. The van der Waals surface area contributed by atoms with Gasteiger partial charge in [0.25, 0.3) is 0 Å². The molecule has 0 aliphatic heterocycles. The van der Waals surface area contributed by atoms with Gasteiger partial charge in [-0.2, -0.15) is 0 Å². The normalized spacial score (nSPS) is 29.7. The molecule has 1 aliphatic carbocycles. The molecule has 1 radical (unpaired) electrons. The lowest BCUT2D eigenvalue weighted by Gasteiger charge is -2.19. The Kier molecular flexibility index (Phi) is 2.75. The van der Waals surface area contributed by atoms with Gasteiger partial charge < -0.3 is 5.02 Å². The van der Waals surface area contributed by atoms with E-state index < -0.39 is 35.3 Å². The van der Waals surface area contributed by atoms with E-state index in [1.54, 1.807) is 0 Å². The van der Waals surface area contributed by atoms with Crippen LogP contribution in [0.5, 0.6) is 0 Å². The summed E-state index contributed by atoms with van der Waals surface area (Å²) >= 11 is 0. The van der Waals surface area contributed by atoms with Crippen molar-refractivity contribution in [1.29, 1.82) is 0 Å². The van der Waals surface area contributed by atoms with E-state index in [2.05, 4.69) is 0 Å². The molecule has 7 heteroatoms. The van der Waals surface area contributed by atoms with Crippen LogP contribution in [0.25, 0.3) is 0 Å². The molecule has 0 aromatic rings. The fourth-order valence-corrected chi connectivity index (χ4v) is 0.904. The van der Waals surface area contributed by atoms with Crippen LogP contribution >= 0.6 is 0 Å². The molecule has 2 atom stereocenters. The maximum atomic E-state index is 12.6. The first-order chi connectivity index (χ1) is 6.00. The van der Waals surface area contributed by atoms with Crippen LogP contribution < -0.4 is 0 Å². The minimum Gasteiger partial charge on any atom is -0.453 e. The van der Waals surface area contributed by atoms with E-state index in [-0.39, 0.29) is 7.48 Å². The summed E-state index contributed by atoms with van der Waals surface area (Å²) in [6, 6.07) is 0. The Morgan fingerprint density at radius 2 is 1.46 bits per heavy atom. The highest BCUT2D eigenvalue weighted by atomic mass is 19.2. The second kappa shape index (κ2) is 3.49. The third-order valence-corrected chi connectivity index (χ3v) is 1.62. The molecular weight excluding hydrogens is 194 g/mol. The molecule has 1 N–H and O–H groups in total. The number of alkyl halides is 1. The van der Waals surface area contributed by atoms with Crippen LogP contribution in [0.4, 0.5) is 22.0 Å². The first-order valence-electron chi connectivity index (χ1n) is 3.23. The monoisotopic (exact) mass is 197 g/mol. The van der Waals surface area contributed by atoms with Gasteiger partial charge in [0.2, 0.25) is 0 Å². The summed E-state index contributed by atoms with van der Waals surface area (Å²) in [7, 11) is -0.0639. The molecule has 0 heterocycles. The number of rotatable bonds is 1. The van der Waals surface area contributed by atoms with Gasteiger partial charge in [-0.1, -0.05) is 0 Å². The molecule has 0 saturated carbocycles. The molecule has 0 aromatic carbocycles. The Bertz CT molecular complexity index is 287. The average Bonchev–Trinajstić information content (AvgIpc) is 2.13. The van der Waals surface area contributed by atoms with E-state index in [1.807, 2.05) is 0 Å². The summed E-state index contributed by atoms with van der Waals surface area (Å²) in [6.07, 6.45) is -2.72. The summed E-state index contributed by atoms with van der Waals surface area (Å²) in [5.74, 6) is -10.3. The Hall–Kier alpha value is -0.845. The van der Waals surface area contributed by atoms with Crippen molar-refractivity contribution in [1.82, 2.24) is 0 Å². The fraction of sp³-hybridized carbons (Fsp3) is 0.333. The quantitative estimate of drug-likeness (QED) is 0.503. The van der Waals surface area contributed by atoms with Crippen LogP contribution in [0.1, 0.15) is 0 Å². The lowest BCUT2D eigenvalue weighted by Crippen LogP contribution is -2.22. The molecular formula is C6H3BF5O. The number of halogens is 5. The van der Waals surface area contributed by atoms with E-state index in [4.69, 9.17) is 5.02 Å². The highest BCUT2D eigenvalue weighted by molar-refractivity contribution is 6.29. The van der Waals surface area contributed by atoms with Gasteiger partial charge in [0.05, 0.1) is 5.82 Å². The molecule has 1 aliphatic rings. The van der Waals surface area contributed by atoms with Crippen LogP contribution in [0, 0.1) is 0 Å². The third-order valence-electron chi connectivity index (χ3n) is 1.62. The van der Waals surface area contributed by atoms with Crippen molar-refractivity contribution in [2.24, 2.45) is 0 Å². The Morgan fingerprint density at radius 3 is 1.92 bits per heavy atom.